The minimum Gasteiger partial charge on any atom is -0.479 e. The Morgan fingerprint density at radius 1 is 1.57 bits per heavy atom. The minimum absolute atomic E-state index is 0. The molecule has 1 aliphatic rings. The molecule has 0 radical (unpaired) electrons. The lowest BCUT2D eigenvalue weighted by atomic mass is 10.2. The number of carbonyl (C=O) groups excluding carboxylic acids is 2. The van der Waals surface area contributed by atoms with Crippen molar-refractivity contribution in [3.05, 3.63) is 18.2 Å². The molecule has 4 N–H and O–H groups in total. The smallest absolute Gasteiger partial charge is 0.265 e. The Hall–Kier alpha value is -1.83. The first-order valence-corrected chi connectivity index (χ1v) is 6.20. The van der Waals surface area contributed by atoms with Crippen molar-refractivity contribution in [2.75, 3.05) is 24.3 Å². The molecule has 116 valence electrons. The largest absolute Gasteiger partial charge is 0.479 e. The zero-order chi connectivity index (χ0) is 14.7. The van der Waals surface area contributed by atoms with Crippen LogP contribution >= 0.6 is 12.4 Å². The monoisotopic (exact) mass is 315 g/mol. The number of benzene rings is 1. The van der Waals surface area contributed by atoms with Gasteiger partial charge in [-0.3, -0.25) is 9.59 Å². The third kappa shape index (κ3) is 3.84. The lowest BCUT2D eigenvalue weighted by Gasteiger charge is -2.24. The summed E-state index contributed by atoms with van der Waals surface area (Å²) < 4.78 is 10.4. The first kappa shape index (κ1) is 17.2. The Kier molecular flexibility index (Phi) is 5.95. The number of ether oxygens (including phenoxy) is 2. The van der Waals surface area contributed by atoms with Crippen LogP contribution in [0.5, 0.6) is 5.75 Å². The number of nitrogens with two attached hydrogens (primary N) is 1. The Morgan fingerprint density at radius 2 is 2.29 bits per heavy atom. The SMILES string of the molecule is COC(CN)C(=O)Nc1ccc2c(c1)NC(=O)C(C)O2.Cl. The molecule has 2 atom stereocenters. The maximum Gasteiger partial charge on any atom is 0.265 e. The number of rotatable bonds is 4. The number of nitrogens with one attached hydrogen (secondary N) is 2. The van der Waals surface area contributed by atoms with Gasteiger partial charge in [0.1, 0.15) is 11.9 Å². The van der Waals surface area contributed by atoms with Crippen LogP contribution in [0, 0.1) is 0 Å². The van der Waals surface area contributed by atoms with Gasteiger partial charge in [-0.25, -0.2) is 0 Å². The number of anilines is 2. The van der Waals surface area contributed by atoms with E-state index in [1.807, 2.05) is 0 Å². The normalized spacial score (nSPS) is 17.7. The van der Waals surface area contributed by atoms with Crippen molar-refractivity contribution in [3.63, 3.8) is 0 Å². The summed E-state index contributed by atoms with van der Waals surface area (Å²) in [5.41, 5.74) is 6.47. The van der Waals surface area contributed by atoms with Gasteiger partial charge >= 0.3 is 0 Å². The molecule has 0 spiro atoms. The van der Waals surface area contributed by atoms with Gasteiger partial charge in [0.05, 0.1) is 5.69 Å². The molecule has 8 heteroatoms. The van der Waals surface area contributed by atoms with E-state index in [4.69, 9.17) is 15.2 Å². The number of amides is 2. The van der Waals surface area contributed by atoms with Crippen LogP contribution in [0.3, 0.4) is 0 Å². The van der Waals surface area contributed by atoms with Crippen LogP contribution in [0.2, 0.25) is 0 Å². The third-order valence-corrected chi connectivity index (χ3v) is 2.97. The zero-order valence-electron chi connectivity index (χ0n) is 11.7. The van der Waals surface area contributed by atoms with Gasteiger partial charge in [0.25, 0.3) is 11.8 Å². The molecule has 0 fully saturated rings. The molecule has 1 heterocycles. The molecule has 2 amide bonds. The highest BCUT2D eigenvalue weighted by Crippen LogP contribution is 2.32. The van der Waals surface area contributed by atoms with E-state index in [1.165, 1.54) is 7.11 Å². The van der Waals surface area contributed by atoms with Crippen molar-refractivity contribution in [1.29, 1.82) is 0 Å². The van der Waals surface area contributed by atoms with Crippen LogP contribution < -0.4 is 21.1 Å². The van der Waals surface area contributed by atoms with Crippen molar-refractivity contribution in [2.45, 2.75) is 19.1 Å². The molecule has 7 nitrogen and oxygen atoms in total. The number of carbonyl (C=O) groups is 2. The number of fused-ring (bicyclic) bond motifs is 1. The van der Waals surface area contributed by atoms with Crippen molar-refractivity contribution in [3.8, 4) is 5.75 Å². The first-order valence-electron chi connectivity index (χ1n) is 6.20. The predicted octanol–water partition coefficient (Wildman–Crippen LogP) is 0.740. The summed E-state index contributed by atoms with van der Waals surface area (Å²) in [4.78, 5) is 23.4. The quantitative estimate of drug-likeness (QED) is 0.760. The van der Waals surface area contributed by atoms with E-state index in [0.717, 1.165) is 0 Å². The molecule has 0 aliphatic carbocycles. The molecule has 0 bridgehead atoms. The second-order valence-electron chi connectivity index (χ2n) is 4.41. The average Bonchev–Trinajstić information content (AvgIpc) is 2.42. The number of hydrogen-bond donors (Lipinski definition) is 3. The maximum absolute atomic E-state index is 11.8. The van der Waals surface area contributed by atoms with Crippen LogP contribution in [0.15, 0.2) is 18.2 Å². The molecule has 0 saturated heterocycles. The topological polar surface area (TPSA) is 103 Å². The van der Waals surface area contributed by atoms with Gasteiger partial charge < -0.3 is 25.8 Å². The van der Waals surface area contributed by atoms with Crippen LogP contribution in [0.1, 0.15) is 6.92 Å². The summed E-state index contributed by atoms with van der Waals surface area (Å²) in [5, 5.41) is 5.38. The van der Waals surface area contributed by atoms with Crippen molar-refractivity contribution in [2.24, 2.45) is 5.73 Å². The van der Waals surface area contributed by atoms with Gasteiger partial charge in [0.15, 0.2) is 6.10 Å². The van der Waals surface area contributed by atoms with E-state index < -0.39 is 12.2 Å². The first-order chi connectivity index (χ1) is 9.55. The van der Waals surface area contributed by atoms with Crippen molar-refractivity contribution < 1.29 is 19.1 Å². The summed E-state index contributed by atoms with van der Waals surface area (Å²) >= 11 is 0. The minimum atomic E-state index is -0.711. The number of methoxy groups -OCH3 is 1. The number of hydrogen-bond acceptors (Lipinski definition) is 5. The Morgan fingerprint density at radius 3 is 2.90 bits per heavy atom. The third-order valence-electron chi connectivity index (χ3n) is 2.97. The van der Waals surface area contributed by atoms with E-state index in [2.05, 4.69) is 10.6 Å². The van der Waals surface area contributed by atoms with E-state index in [0.29, 0.717) is 17.1 Å². The highest BCUT2D eigenvalue weighted by molar-refractivity contribution is 5.99. The highest BCUT2D eigenvalue weighted by atomic mass is 35.5. The standard InChI is InChI=1S/C13H17N3O4.ClH/c1-7-12(17)16-9-5-8(3-4-10(9)20-7)15-13(18)11(6-14)19-2;/h3-5,7,11H,6,14H2,1-2H3,(H,15,18)(H,16,17);1H. The van der Waals surface area contributed by atoms with E-state index in [1.54, 1.807) is 25.1 Å². The maximum atomic E-state index is 11.8. The molecule has 2 unspecified atom stereocenters. The average molecular weight is 316 g/mol. The molecule has 0 saturated carbocycles. The Labute approximate surface area is 128 Å². The van der Waals surface area contributed by atoms with Gasteiger partial charge in [0, 0.05) is 19.3 Å². The fraction of sp³-hybridized carbons (Fsp3) is 0.385. The van der Waals surface area contributed by atoms with Gasteiger partial charge in [0.2, 0.25) is 0 Å². The fourth-order valence-corrected chi connectivity index (χ4v) is 1.82. The lowest BCUT2D eigenvalue weighted by Crippen LogP contribution is -2.36. The summed E-state index contributed by atoms with van der Waals surface area (Å²) in [6, 6.07) is 5.00. The zero-order valence-corrected chi connectivity index (χ0v) is 12.5. The Balaban J connectivity index is 0.00000220. The van der Waals surface area contributed by atoms with Crippen molar-refractivity contribution in [1.82, 2.24) is 0 Å². The van der Waals surface area contributed by atoms with Gasteiger partial charge in [-0.1, -0.05) is 0 Å². The predicted molar refractivity (Wildman–Crippen MR) is 80.9 cm³/mol. The second kappa shape index (κ2) is 7.26. The second-order valence-corrected chi connectivity index (χ2v) is 4.41. The van der Waals surface area contributed by atoms with Gasteiger partial charge in [-0.05, 0) is 25.1 Å². The Bertz CT molecular complexity index is 534. The van der Waals surface area contributed by atoms with Crippen LogP contribution in [-0.4, -0.2) is 37.7 Å². The molecule has 1 aromatic carbocycles. The molecule has 1 aromatic rings. The molecule has 0 aromatic heterocycles. The fourth-order valence-electron chi connectivity index (χ4n) is 1.82. The molecular formula is C13H18ClN3O4. The summed E-state index contributed by atoms with van der Waals surface area (Å²) in [6.45, 7) is 1.75. The number of halogens is 1. The van der Waals surface area contributed by atoms with Gasteiger partial charge in [-0.2, -0.15) is 0 Å². The van der Waals surface area contributed by atoms with Gasteiger partial charge in [-0.15, -0.1) is 12.4 Å². The summed E-state index contributed by atoms with van der Waals surface area (Å²) in [5.74, 6) is 0.00119. The van der Waals surface area contributed by atoms with Crippen LogP contribution in [0.25, 0.3) is 0 Å². The van der Waals surface area contributed by atoms with Crippen LogP contribution in [-0.2, 0) is 14.3 Å². The van der Waals surface area contributed by atoms with E-state index in [9.17, 15) is 9.59 Å². The molecule has 1 aliphatic heterocycles. The van der Waals surface area contributed by atoms with Crippen LogP contribution in [0.4, 0.5) is 11.4 Å². The molecule has 2 rings (SSSR count). The van der Waals surface area contributed by atoms with E-state index >= 15 is 0 Å². The van der Waals surface area contributed by atoms with Crippen molar-refractivity contribution >= 4 is 35.6 Å². The molecule has 21 heavy (non-hydrogen) atoms. The molecular weight excluding hydrogens is 298 g/mol. The lowest BCUT2D eigenvalue weighted by molar-refractivity contribution is -0.125. The summed E-state index contributed by atoms with van der Waals surface area (Å²) in [6.07, 6.45) is -1.24. The summed E-state index contributed by atoms with van der Waals surface area (Å²) in [7, 11) is 1.42. The van der Waals surface area contributed by atoms with E-state index in [-0.39, 0.29) is 30.8 Å². The highest BCUT2D eigenvalue weighted by Gasteiger charge is 2.24.